The summed E-state index contributed by atoms with van der Waals surface area (Å²) in [4.78, 5) is 16.3. The summed E-state index contributed by atoms with van der Waals surface area (Å²) in [6.45, 7) is 1.10. The maximum Gasteiger partial charge on any atom is 0.227 e. The van der Waals surface area contributed by atoms with Gasteiger partial charge < -0.3 is 14.5 Å². The van der Waals surface area contributed by atoms with Crippen LogP contribution in [0.1, 0.15) is 16.8 Å². The molecule has 6 nitrogen and oxygen atoms in total. The second-order valence-corrected chi connectivity index (χ2v) is 6.28. The first kappa shape index (κ1) is 17.1. The van der Waals surface area contributed by atoms with E-state index in [4.69, 9.17) is 4.74 Å². The van der Waals surface area contributed by atoms with Crippen molar-refractivity contribution in [1.82, 2.24) is 15.1 Å². The highest BCUT2D eigenvalue weighted by Crippen LogP contribution is 2.22. The van der Waals surface area contributed by atoms with E-state index < -0.39 is 5.82 Å². The van der Waals surface area contributed by atoms with Crippen molar-refractivity contribution in [3.63, 3.8) is 0 Å². The van der Waals surface area contributed by atoms with Gasteiger partial charge in [-0.05, 0) is 29.3 Å². The van der Waals surface area contributed by atoms with E-state index in [2.05, 4.69) is 10.2 Å². The van der Waals surface area contributed by atoms with Crippen molar-refractivity contribution >= 4 is 11.7 Å². The molecule has 2 heterocycles. The molecule has 7 heteroatoms. The van der Waals surface area contributed by atoms with Crippen LogP contribution >= 0.6 is 0 Å². The molecule has 1 amide bonds. The fourth-order valence-corrected chi connectivity index (χ4v) is 2.85. The summed E-state index contributed by atoms with van der Waals surface area (Å²) in [7, 11) is 5.22. The Morgan fingerprint density at radius 1 is 1.32 bits per heavy atom. The summed E-state index contributed by atoms with van der Waals surface area (Å²) in [6, 6.07) is 6.58. The third-order valence-electron chi connectivity index (χ3n) is 4.31. The third-order valence-corrected chi connectivity index (χ3v) is 4.31. The molecule has 0 saturated carbocycles. The first-order valence-corrected chi connectivity index (χ1v) is 8.11. The maximum atomic E-state index is 13.8. The van der Waals surface area contributed by atoms with Gasteiger partial charge in [0.05, 0.1) is 19.2 Å². The number of ether oxygens (including phenoxy) is 1. The molecule has 0 unspecified atom stereocenters. The lowest BCUT2D eigenvalue weighted by Gasteiger charge is -2.28. The number of rotatable bonds is 4. The van der Waals surface area contributed by atoms with Gasteiger partial charge in [0.25, 0.3) is 0 Å². The highest BCUT2D eigenvalue weighted by atomic mass is 19.1. The van der Waals surface area contributed by atoms with Gasteiger partial charge >= 0.3 is 0 Å². The fraction of sp³-hybridized carbons (Fsp3) is 0.389. The zero-order valence-electron chi connectivity index (χ0n) is 14.6. The zero-order valence-corrected chi connectivity index (χ0v) is 14.6. The van der Waals surface area contributed by atoms with Crippen molar-refractivity contribution in [3.8, 4) is 5.75 Å². The van der Waals surface area contributed by atoms with Gasteiger partial charge in [-0.25, -0.2) is 4.39 Å². The summed E-state index contributed by atoms with van der Waals surface area (Å²) in [5.74, 6) is 0.462. The highest BCUT2D eigenvalue weighted by Gasteiger charge is 2.23. The van der Waals surface area contributed by atoms with E-state index in [1.807, 2.05) is 25.1 Å². The molecule has 0 radical (unpaired) electrons. The second kappa shape index (κ2) is 7.04. The van der Waals surface area contributed by atoms with Gasteiger partial charge in [-0.2, -0.15) is 5.10 Å². The average Bonchev–Trinajstić information content (AvgIpc) is 2.60. The van der Waals surface area contributed by atoms with E-state index in [1.54, 1.807) is 17.0 Å². The molecule has 0 spiro atoms. The van der Waals surface area contributed by atoms with Gasteiger partial charge in [0, 0.05) is 33.6 Å². The van der Waals surface area contributed by atoms with Gasteiger partial charge in [-0.3, -0.25) is 4.79 Å². The topological polar surface area (TPSA) is 58.6 Å². The Morgan fingerprint density at radius 3 is 2.80 bits per heavy atom. The van der Waals surface area contributed by atoms with E-state index in [9.17, 15) is 9.18 Å². The molecule has 0 atom stereocenters. The number of carbonyl (C=O) groups is 1. The quantitative estimate of drug-likeness (QED) is 0.847. The minimum Gasteiger partial charge on any atom is -0.494 e. The Balaban J connectivity index is 1.71. The van der Waals surface area contributed by atoms with Gasteiger partial charge in [0.15, 0.2) is 17.4 Å². The number of amides is 1. The Labute approximate surface area is 146 Å². The first-order valence-electron chi connectivity index (χ1n) is 8.11. The second-order valence-electron chi connectivity index (χ2n) is 6.28. The van der Waals surface area contributed by atoms with Crippen molar-refractivity contribution in [2.75, 3.05) is 32.6 Å². The van der Waals surface area contributed by atoms with Crippen LogP contribution < -0.4 is 9.64 Å². The molecule has 1 aromatic carbocycles. The largest absolute Gasteiger partial charge is 0.494 e. The van der Waals surface area contributed by atoms with Crippen molar-refractivity contribution in [1.29, 1.82) is 0 Å². The number of methoxy groups -OCH3 is 1. The number of hydrogen-bond donors (Lipinski definition) is 0. The number of hydrogen-bond acceptors (Lipinski definition) is 5. The van der Waals surface area contributed by atoms with Crippen LogP contribution in [0.5, 0.6) is 5.75 Å². The van der Waals surface area contributed by atoms with Gasteiger partial charge in [0.1, 0.15) is 0 Å². The fourth-order valence-electron chi connectivity index (χ4n) is 2.85. The summed E-state index contributed by atoms with van der Waals surface area (Å²) < 4.78 is 18.7. The van der Waals surface area contributed by atoms with Gasteiger partial charge in [0.2, 0.25) is 5.91 Å². The third kappa shape index (κ3) is 3.70. The molecular weight excluding hydrogens is 323 g/mol. The predicted molar refractivity (Wildman–Crippen MR) is 92.1 cm³/mol. The molecule has 25 heavy (non-hydrogen) atoms. The lowest BCUT2D eigenvalue weighted by Crippen LogP contribution is -2.37. The molecule has 0 saturated heterocycles. The minimum atomic E-state index is -0.456. The molecule has 3 rings (SSSR count). The van der Waals surface area contributed by atoms with Crippen molar-refractivity contribution in [2.45, 2.75) is 19.4 Å². The number of halogens is 1. The van der Waals surface area contributed by atoms with Crippen molar-refractivity contribution < 1.29 is 13.9 Å². The van der Waals surface area contributed by atoms with E-state index in [0.29, 0.717) is 25.1 Å². The standard InChI is InChI=1S/C18H21FN4O2/c1-22(2)17-10-13-11-23(7-6-15(13)20-21-17)18(24)9-12-4-5-16(25-3)14(19)8-12/h4-5,8,10H,6-7,9,11H2,1-3H3. The van der Waals surface area contributed by atoms with E-state index in [1.165, 1.54) is 13.2 Å². The number of carbonyl (C=O) groups excluding carboxylic acids is 1. The normalized spacial score (nSPS) is 13.4. The zero-order chi connectivity index (χ0) is 18.0. The number of benzene rings is 1. The highest BCUT2D eigenvalue weighted by molar-refractivity contribution is 5.79. The van der Waals surface area contributed by atoms with Crippen molar-refractivity contribution in [2.24, 2.45) is 0 Å². The Hall–Kier alpha value is -2.70. The molecule has 0 aliphatic carbocycles. The minimum absolute atomic E-state index is 0.0292. The molecule has 0 bridgehead atoms. The van der Waals surface area contributed by atoms with Crippen LogP contribution in [0.4, 0.5) is 10.2 Å². The number of fused-ring (bicyclic) bond motifs is 1. The Morgan fingerprint density at radius 2 is 2.12 bits per heavy atom. The average molecular weight is 344 g/mol. The molecule has 132 valence electrons. The monoisotopic (exact) mass is 344 g/mol. The summed E-state index contributed by atoms with van der Waals surface area (Å²) in [5.41, 5.74) is 2.58. The maximum absolute atomic E-state index is 13.8. The first-order chi connectivity index (χ1) is 12.0. The lowest BCUT2D eigenvalue weighted by atomic mass is 10.0. The molecule has 0 fully saturated rings. The van der Waals surface area contributed by atoms with Crippen LogP contribution in [0.15, 0.2) is 24.3 Å². The number of anilines is 1. The molecular formula is C18H21FN4O2. The predicted octanol–water partition coefficient (Wildman–Crippen LogP) is 1.82. The smallest absolute Gasteiger partial charge is 0.227 e. The van der Waals surface area contributed by atoms with E-state index >= 15 is 0 Å². The Bertz CT molecular complexity index is 795. The lowest BCUT2D eigenvalue weighted by molar-refractivity contribution is -0.131. The van der Waals surface area contributed by atoms with Crippen LogP contribution in [0.2, 0.25) is 0 Å². The molecule has 1 aliphatic heterocycles. The SMILES string of the molecule is COc1ccc(CC(=O)N2CCc3nnc(N(C)C)cc3C2)cc1F. The van der Waals surface area contributed by atoms with Crippen LogP contribution in [0.3, 0.4) is 0 Å². The number of nitrogens with zero attached hydrogens (tertiary/aromatic N) is 4. The summed E-state index contributed by atoms with van der Waals surface area (Å²) in [6.07, 6.45) is 0.841. The van der Waals surface area contributed by atoms with E-state index in [-0.39, 0.29) is 18.1 Å². The molecule has 1 aromatic heterocycles. The summed E-state index contributed by atoms with van der Waals surface area (Å²) >= 11 is 0. The van der Waals surface area contributed by atoms with Crippen LogP contribution in [-0.4, -0.2) is 48.8 Å². The van der Waals surface area contributed by atoms with Gasteiger partial charge in [-0.15, -0.1) is 5.10 Å². The summed E-state index contributed by atoms with van der Waals surface area (Å²) in [5, 5.41) is 8.43. The van der Waals surface area contributed by atoms with Crippen LogP contribution in [0, 0.1) is 5.82 Å². The molecule has 0 N–H and O–H groups in total. The Kier molecular flexibility index (Phi) is 4.83. The van der Waals surface area contributed by atoms with Crippen LogP contribution in [-0.2, 0) is 24.2 Å². The van der Waals surface area contributed by atoms with E-state index in [0.717, 1.165) is 17.1 Å². The van der Waals surface area contributed by atoms with Crippen LogP contribution in [0.25, 0.3) is 0 Å². The van der Waals surface area contributed by atoms with Crippen molar-refractivity contribution in [3.05, 3.63) is 46.9 Å². The van der Waals surface area contributed by atoms with Gasteiger partial charge in [-0.1, -0.05) is 6.07 Å². The molecule has 1 aliphatic rings. The molecule has 2 aromatic rings. The number of aromatic nitrogens is 2.